The first-order chi connectivity index (χ1) is 9.38. The lowest BCUT2D eigenvalue weighted by molar-refractivity contribution is 0.271. The number of anilines is 1. The van der Waals surface area contributed by atoms with Crippen molar-refractivity contribution in [3.05, 3.63) is 30.5 Å². The van der Waals surface area contributed by atoms with Crippen LogP contribution in [0.3, 0.4) is 0 Å². The van der Waals surface area contributed by atoms with Crippen LogP contribution in [-0.2, 0) is 0 Å². The molecule has 3 rings (SSSR count). The van der Waals surface area contributed by atoms with Gasteiger partial charge in [-0.2, -0.15) is 0 Å². The Kier molecular flexibility index (Phi) is 3.51. The number of ether oxygens (including phenoxy) is 1. The summed E-state index contributed by atoms with van der Waals surface area (Å²) >= 11 is 0. The Balaban J connectivity index is 1.86. The van der Waals surface area contributed by atoms with Crippen LogP contribution in [0.25, 0.3) is 10.8 Å². The van der Waals surface area contributed by atoms with Crippen LogP contribution in [0, 0.1) is 0 Å². The first kappa shape index (κ1) is 12.2. The van der Waals surface area contributed by atoms with Crippen LogP contribution < -0.4 is 15.4 Å². The van der Waals surface area contributed by atoms with Gasteiger partial charge in [0.25, 0.3) is 0 Å². The van der Waals surface area contributed by atoms with Crippen molar-refractivity contribution < 1.29 is 4.74 Å². The van der Waals surface area contributed by atoms with Gasteiger partial charge in [0.05, 0.1) is 0 Å². The number of nitrogens with zero attached hydrogens (tertiary/aromatic N) is 1. The summed E-state index contributed by atoms with van der Waals surface area (Å²) < 4.78 is 5.90. The number of hydrogen-bond donors (Lipinski definition) is 2. The van der Waals surface area contributed by atoms with Crippen molar-refractivity contribution in [3.63, 3.8) is 0 Å². The summed E-state index contributed by atoms with van der Waals surface area (Å²) in [4.78, 5) is 4.37. The highest BCUT2D eigenvalue weighted by atomic mass is 16.5. The van der Waals surface area contributed by atoms with Crippen LogP contribution in [0.1, 0.15) is 12.8 Å². The van der Waals surface area contributed by atoms with Crippen LogP contribution >= 0.6 is 0 Å². The predicted molar refractivity (Wildman–Crippen MR) is 77.8 cm³/mol. The lowest BCUT2D eigenvalue weighted by Crippen LogP contribution is -2.28. The van der Waals surface area contributed by atoms with Crippen LogP contribution in [0.2, 0.25) is 0 Å². The second-order valence-corrected chi connectivity index (χ2v) is 4.87. The molecule has 1 aromatic heterocycles. The third kappa shape index (κ3) is 2.49. The first-order valence-corrected chi connectivity index (χ1v) is 6.80. The average molecular weight is 257 g/mol. The van der Waals surface area contributed by atoms with Crippen molar-refractivity contribution in [2.24, 2.45) is 0 Å². The van der Waals surface area contributed by atoms with Crippen molar-refractivity contribution >= 4 is 16.5 Å². The number of fused-ring (bicyclic) bond motifs is 1. The van der Waals surface area contributed by atoms with Gasteiger partial charge in [0.15, 0.2) is 0 Å². The van der Waals surface area contributed by atoms with E-state index in [0.29, 0.717) is 12.6 Å². The largest absolute Gasteiger partial charge is 0.476 e. The fourth-order valence-corrected chi connectivity index (χ4v) is 2.59. The van der Waals surface area contributed by atoms with E-state index in [9.17, 15) is 0 Å². The fraction of sp³-hybridized carbons (Fsp3) is 0.400. The van der Waals surface area contributed by atoms with Gasteiger partial charge in [-0.1, -0.05) is 6.07 Å². The van der Waals surface area contributed by atoms with Crippen LogP contribution in [0.4, 0.5) is 5.69 Å². The molecule has 4 heteroatoms. The molecule has 1 aliphatic rings. The van der Waals surface area contributed by atoms with E-state index in [2.05, 4.69) is 27.8 Å². The van der Waals surface area contributed by atoms with Gasteiger partial charge in [-0.25, -0.2) is 4.98 Å². The van der Waals surface area contributed by atoms with E-state index in [1.54, 1.807) is 6.20 Å². The summed E-state index contributed by atoms with van der Waals surface area (Å²) in [6.07, 6.45) is 4.23. The molecule has 0 aliphatic carbocycles. The number of pyridine rings is 1. The molecule has 0 spiro atoms. The molecule has 2 heterocycles. The maximum Gasteiger partial charge on any atom is 0.221 e. The van der Waals surface area contributed by atoms with Crippen molar-refractivity contribution in [2.45, 2.75) is 18.9 Å². The van der Waals surface area contributed by atoms with Gasteiger partial charge in [0.2, 0.25) is 5.88 Å². The van der Waals surface area contributed by atoms with Gasteiger partial charge in [-0.15, -0.1) is 0 Å². The summed E-state index contributed by atoms with van der Waals surface area (Å²) in [5.74, 6) is 0.725. The molecule has 1 saturated heterocycles. The molecule has 2 N–H and O–H groups in total. The molecule has 2 aromatic rings. The highest BCUT2D eigenvalue weighted by molar-refractivity contribution is 5.96. The monoisotopic (exact) mass is 257 g/mol. The Morgan fingerprint density at radius 1 is 1.37 bits per heavy atom. The molecule has 1 aromatic carbocycles. The standard InChI is InChI=1S/C15H19N3O/c1-16-14-6-2-5-13-12(14)7-9-18-15(13)19-10-11-4-3-8-17-11/h2,5-7,9,11,16-17H,3-4,8,10H2,1H3. The second-order valence-electron chi connectivity index (χ2n) is 4.87. The Bertz CT molecular complexity index is 564. The van der Waals surface area contributed by atoms with Crippen molar-refractivity contribution in [1.82, 2.24) is 10.3 Å². The maximum absolute atomic E-state index is 5.90. The van der Waals surface area contributed by atoms with Crippen molar-refractivity contribution in [3.8, 4) is 5.88 Å². The molecule has 1 atom stereocenters. The van der Waals surface area contributed by atoms with Gasteiger partial charge < -0.3 is 15.4 Å². The minimum Gasteiger partial charge on any atom is -0.476 e. The molecule has 100 valence electrons. The molecule has 1 unspecified atom stereocenters. The van der Waals surface area contributed by atoms with Gasteiger partial charge in [0.1, 0.15) is 6.61 Å². The van der Waals surface area contributed by atoms with Crippen LogP contribution in [0.5, 0.6) is 5.88 Å². The van der Waals surface area contributed by atoms with Crippen molar-refractivity contribution in [1.29, 1.82) is 0 Å². The van der Waals surface area contributed by atoms with Gasteiger partial charge in [0, 0.05) is 35.7 Å². The Labute approximate surface area is 113 Å². The van der Waals surface area contributed by atoms with E-state index in [0.717, 1.165) is 28.9 Å². The Hall–Kier alpha value is -1.81. The number of aromatic nitrogens is 1. The molecule has 4 nitrogen and oxygen atoms in total. The van der Waals surface area contributed by atoms with E-state index in [4.69, 9.17) is 4.74 Å². The third-order valence-electron chi connectivity index (χ3n) is 3.62. The number of rotatable bonds is 4. The van der Waals surface area contributed by atoms with Gasteiger partial charge in [-0.05, 0) is 37.6 Å². The zero-order chi connectivity index (χ0) is 13.1. The van der Waals surface area contributed by atoms with Crippen LogP contribution in [0.15, 0.2) is 30.5 Å². The van der Waals surface area contributed by atoms with E-state index in [-0.39, 0.29) is 0 Å². The summed E-state index contributed by atoms with van der Waals surface area (Å²) in [6.45, 7) is 1.79. The van der Waals surface area contributed by atoms with E-state index in [1.165, 1.54) is 12.8 Å². The smallest absolute Gasteiger partial charge is 0.221 e. The minimum atomic E-state index is 0.463. The molecule has 0 radical (unpaired) electrons. The average Bonchev–Trinajstić information content (AvgIpc) is 2.97. The summed E-state index contributed by atoms with van der Waals surface area (Å²) in [6, 6.07) is 8.62. The summed E-state index contributed by atoms with van der Waals surface area (Å²) in [5.41, 5.74) is 1.10. The number of benzene rings is 1. The first-order valence-electron chi connectivity index (χ1n) is 6.80. The molecule has 1 aliphatic heterocycles. The number of nitrogens with one attached hydrogen (secondary N) is 2. The molecular formula is C15H19N3O. The second kappa shape index (κ2) is 5.45. The number of hydrogen-bond acceptors (Lipinski definition) is 4. The molecule has 0 saturated carbocycles. The minimum absolute atomic E-state index is 0.463. The third-order valence-corrected chi connectivity index (χ3v) is 3.62. The zero-order valence-electron chi connectivity index (χ0n) is 11.1. The molecular weight excluding hydrogens is 238 g/mol. The molecule has 0 bridgehead atoms. The Morgan fingerprint density at radius 3 is 3.11 bits per heavy atom. The quantitative estimate of drug-likeness (QED) is 0.883. The SMILES string of the molecule is CNc1cccc2c(OCC3CCCN3)nccc12. The zero-order valence-corrected chi connectivity index (χ0v) is 11.1. The molecule has 19 heavy (non-hydrogen) atoms. The highest BCUT2D eigenvalue weighted by Crippen LogP contribution is 2.28. The summed E-state index contributed by atoms with van der Waals surface area (Å²) in [5, 5.41) is 8.84. The Morgan fingerprint density at radius 2 is 2.32 bits per heavy atom. The lowest BCUT2D eigenvalue weighted by Gasteiger charge is -2.13. The topological polar surface area (TPSA) is 46.2 Å². The van der Waals surface area contributed by atoms with E-state index in [1.807, 2.05) is 19.2 Å². The molecule has 0 amide bonds. The van der Waals surface area contributed by atoms with Gasteiger partial charge in [-0.3, -0.25) is 0 Å². The van der Waals surface area contributed by atoms with E-state index < -0.39 is 0 Å². The molecule has 1 fully saturated rings. The summed E-state index contributed by atoms with van der Waals surface area (Å²) in [7, 11) is 1.93. The van der Waals surface area contributed by atoms with Crippen molar-refractivity contribution in [2.75, 3.05) is 25.5 Å². The van der Waals surface area contributed by atoms with Gasteiger partial charge >= 0.3 is 0 Å². The highest BCUT2D eigenvalue weighted by Gasteiger charge is 2.15. The normalized spacial score (nSPS) is 18.7. The van der Waals surface area contributed by atoms with E-state index >= 15 is 0 Å². The lowest BCUT2D eigenvalue weighted by atomic mass is 10.1. The predicted octanol–water partition coefficient (Wildman–Crippen LogP) is 2.41. The van der Waals surface area contributed by atoms with Crippen LogP contribution in [-0.4, -0.2) is 31.2 Å². The maximum atomic E-state index is 5.90. The fourth-order valence-electron chi connectivity index (χ4n) is 2.59.